The zero-order chi connectivity index (χ0) is 13.7. The van der Waals surface area contributed by atoms with E-state index in [9.17, 15) is 4.79 Å². The minimum atomic E-state index is -0.397. The van der Waals surface area contributed by atoms with Crippen LogP contribution in [0.5, 0.6) is 0 Å². The first kappa shape index (κ1) is 16.5. The Balaban J connectivity index is 0.00000200. The molecule has 0 saturated heterocycles. The van der Waals surface area contributed by atoms with Gasteiger partial charge in [0.05, 0.1) is 6.54 Å². The molecular formula is C13H15Cl2N3O2. The van der Waals surface area contributed by atoms with Gasteiger partial charge in [-0.2, -0.15) is 5.10 Å². The monoisotopic (exact) mass is 315 g/mol. The number of hydrogen-bond donors (Lipinski definition) is 0. The summed E-state index contributed by atoms with van der Waals surface area (Å²) < 4.78 is 7.06. The first-order chi connectivity index (χ1) is 9.19. The zero-order valence-corrected chi connectivity index (χ0v) is 12.5. The van der Waals surface area contributed by atoms with Gasteiger partial charge in [0.15, 0.2) is 0 Å². The van der Waals surface area contributed by atoms with Gasteiger partial charge in [-0.1, -0.05) is 30.7 Å². The molecule has 7 heteroatoms. The van der Waals surface area contributed by atoms with E-state index in [0.717, 1.165) is 5.56 Å². The van der Waals surface area contributed by atoms with E-state index in [1.807, 2.05) is 12.1 Å². The van der Waals surface area contributed by atoms with E-state index >= 15 is 0 Å². The molecule has 1 aromatic carbocycles. The van der Waals surface area contributed by atoms with Crippen molar-refractivity contribution in [3.63, 3.8) is 0 Å². The number of ether oxygens (including phenoxy) is 1. The Morgan fingerprint density at radius 2 is 2.10 bits per heavy atom. The Labute approximate surface area is 128 Å². The maximum Gasteiger partial charge on any atom is 0.306 e. The van der Waals surface area contributed by atoms with Crippen LogP contribution in [-0.4, -0.2) is 20.7 Å². The normalized spacial score (nSPS) is 11.5. The van der Waals surface area contributed by atoms with Gasteiger partial charge in [0.25, 0.3) is 0 Å². The van der Waals surface area contributed by atoms with Crippen molar-refractivity contribution in [1.29, 1.82) is 0 Å². The number of benzene rings is 1. The second-order valence-corrected chi connectivity index (χ2v) is 4.44. The summed E-state index contributed by atoms with van der Waals surface area (Å²) in [7, 11) is 0. The van der Waals surface area contributed by atoms with Crippen LogP contribution in [0.2, 0.25) is 5.02 Å². The van der Waals surface area contributed by atoms with Crippen LogP contribution in [-0.2, 0) is 16.1 Å². The molecule has 20 heavy (non-hydrogen) atoms. The SMILES string of the molecule is CCC(=O)OC(Cn1cncn1)c1ccc(Cl)cc1.Cl. The molecule has 2 aromatic rings. The van der Waals surface area contributed by atoms with E-state index in [4.69, 9.17) is 16.3 Å². The molecule has 2 rings (SSSR count). The van der Waals surface area contributed by atoms with Gasteiger partial charge in [0.2, 0.25) is 0 Å². The van der Waals surface area contributed by atoms with Crippen molar-refractivity contribution < 1.29 is 9.53 Å². The molecule has 108 valence electrons. The van der Waals surface area contributed by atoms with Crippen LogP contribution >= 0.6 is 24.0 Å². The molecule has 0 amide bonds. The summed E-state index contributed by atoms with van der Waals surface area (Å²) in [5.41, 5.74) is 0.877. The van der Waals surface area contributed by atoms with Crippen LogP contribution in [0.15, 0.2) is 36.9 Å². The van der Waals surface area contributed by atoms with Crippen LogP contribution in [0.25, 0.3) is 0 Å². The van der Waals surface area contributed by atoms with Gasteiger partial charge in [-0.05, 0) is 17.7 Å². The summed E-state index contributed by atoms with van der Waals surface area (Å²) in [4.78, 5) is 15.4. The van der Waals surface area contributed by atoms with Crippen LogP contribution in [0, 0.1) is 0 Å². The molecule has 0 N–H and O–H groups in total. The highest BCUT2D eigenvalue weighted by atomic mass is 35.5. The van der Waals surface area contributed by atoms with Crippen LogP contribution in [0.1, 0.15) is 25.0 Å². The van der Waals surface area contributed by atoms with Gasteiger partial charge in [0.1, 0.15) is 18.8 Å². The number of carbonyl (C=O) groups excluding carboxylic acids is 1. The lowest BCUT2D eigenvalue weighted by Crippen LogP contribution is -2.16. The van der Waals surface area contributed by atoms with E-state index in [1.54, 1.807) is 30.1 Å². The van der Waals surface area contributed by atoms with Crippen molar-refractivity contribution in [2.24, 2.45) is 0 Å². The largest absolute Gasteiger partial charge is 0.455 e. The number of esters is 1. The van der Waals surface area contributed by atoms with Crippen LogP contribution < -0.4 is 0 Å². The molecule has 0 fully saturated rings. The molecule has 1 atom stereocenters. The van der Waals surface area contributed by atoms with Gasteiger partial charge in [-0.15, -0.1) is 12.4 Å². The highest BCUT2D eigenvalue weighted by Crippen LogP contribution is 2.22. The summed E-state index contributed by atoms with van der Waals surface area (Å²) in [5.74, 6) is -0.250. The molecule has 0 radical (unpaired) electrons. The van der Waals surface area contributed by atoms with Gasteiger partial charge in [0, 0.05) is 11.4 Å². The third kappa shape index (κ3) is 4.51. The third-order valence-corrected chi connectivity index (χ3v) is 2.88. The Morgan fingerprint density at radius 1 is 1.40 bits per heavy atom. The quantitative estimate of drug-likeness (QED) is 0.796. The van der Waals surface area contributed by atoms with Crippen molar-refractivity contribution in [1.82, 2.24) is 14.8 Å². The van der Waals surface area contributed by atoms with Gasteiger partial charge in [-0.25, -0.2) is 9.67 Å². The number of hydrogen-bond acceptors (Lipinski definition) is 4. The second-order valence-electron chi connectivity index (χ2n) is 4.00. The van der Waals surface area contributed by atoms with Crippen molar-refractivity contribution in [2.45, 2.75) is 26.0 Å². The fourth-order valence-corrected chi connectivity index (χ4v) is 1.75. The molecule has 0 aliphatic heterocycles. The lowest BCUT2D eigenvalue weighted by Gasteiger charge is -2.18. The summed E-state index contributed by atoms with van der Waals surface area (Å²) >= 11 is 5.86. The molecular weight excluding hydrogens is 301 g/mol. The molecule has 1 aromatic heterocycles. The van der Waals surface area contributed by atoms with Crippen molar-refractivity contribution in [2.75, 3.05) is 0 Å². The lowest BCUT2D eigenvalue weighted by molar-refractivity contribution is -0.149. The zero-order valence-electron chi connectivity index (χ0n) is 10.9. The Kier molecular flexibility index (Phi) is 6.48. The van der Waals surface area contributed by atoms with Crippen molar-refractivity contribution in [3.05, 3.63) is 47.5 Å². The first-order valence-corrected chi connectivity index (χ1v) is 6.34. The number of halogens is 2. The molecule has 1 unspecified atom stereocenters. The van der Waals surface area contributed by atoms with Crippen LogP contribution in [0.3, 0.4) is 0 Å². The smallest absolute Gasteiger partial charge is 0.306 e. The van der Waals surface area contributed by atoms with Crippen molar-refractivity contribution >= 4 is 30.0 Å². The molecule has 0 bridgehead atoms. The average molecular weight is 316 g/mol. The predicted octanol–water partition coefficient (Wildman–Crippen LogP) is 3.05. The number of rotatable bonds is 5. The van der Waals surface area contributed by atoms with E-state index < -0.39 is 6.10 Å². The molecule has 1 heterocycles. The van der Waals surface area contributed by atoms with Gasteiger partial charge >= 0.3 is 5.97 Å². The van der Waals surface area contributed by atoms with Crippen molar-refractivity contribution in [3.8, 4) is 0 Å². The predicted molar refractivity (Wildman–Crippen MR) is 77.8 cm³/mol. The van der Waals surface area contributed by atoms with E-state index in [-0.39, 0.29) is 18.4 Å². The molecule has 5 nitrogen and oxygen atoms in total. The molecule has 0 spiro atoms. The lowest BCUT2D eigenvalue weighted by atomic mass is 10.1. The average Bonchev–Trinajstić information content (AvgIpc) is 2.91. The maximum absolute atomic E-state index is 11.5. The van der Waals surface area contributed by atoms with Gasteiger partial charge < -0.3 is 4.74 Å². The Morgan fingerprint density at radius 3 is 2.65 bits per heavy atom. The number of carbonyl (C=O) groups is 1. The fourth-order valence-electron chi connectivity index (χ4n) is 1.63. The summed E-state index contributed by atoms with van der Waals surface area (Å²) in [6, 6.07) is 7.22. The van der Waals surface area contributed by atoms with Gasteiger partial charge in [-0.3, -0.25) is 4.79 Å². The highest BCUT2D eigenvalue weighted by Gasteiger charge is 2.17. The maximum atomic E-state index is 11.5. The molecule has 0 aliphatic carbocycles. The number of aromatic nitrogens is 3. The minimum absolute atomic E-state index is 0. The first-order valence-electron chi connectivity index (χ1n) is 5.96. The van der Waals surface area contributed by atoms with E-state index in [0.29, 0.717) is 18.0 Å². The standard InChI is InChI=1S/C13H14ClN3O2.ClH/c1-2-13(18)19-12(7-17-9-15-8-16-17)10-3-5-11(14)6-4-10;/h3-6,8-9,12H,2,7H2,1H3;1H. The fraction of sp³-hybridized carbons (Fsp3) is 0.308. The summed E-state index contributed by atoms with van der Waals surface area (Å²) in [5, 5.41) is 4.66. The highest BCUT2D eigenvalue weighted by molar-refractivity contribution is 6.30. The summed E-state index contributed by atoms with van der Waals surface area (Å²) in [6.45, 7) is 2.18. The second kappa shape index (κ2) is 7.87. The Bertz CT molecular complexity index is 529. The van der Waals surface area contributed by atoms with Crippen LogP contribution in [0.4, 0.5) is 0 Å². The summed E-state index contributed by atoms with van der Waals surface area (Å²) in [6.07, 6.45) is 2.97. The van der Waals surface area contributed by atoms with E-state index in [1.165, 1.54) is 6.33 Å². The third-order valence-electron chi connectivity index (χ3n) is 2.62. The van der Waals surface area contributed by atoms with E-state index in [2.05, 4.69) is 10.1 Å². The molecule has 0 saturated carbocycles. The Hall–Kier alpha value is -1.59. The minimum Gasteiger partial charge on any atom is -0.455 e. The number of nitrogens with zero attached hydrogens (tertiary/aromatic N) is 3. The molecule has 0 aliphatic rings. The topological polar surface area (TPSA) is 57.0 Å².